The van der Waals surface area contributed by atoms with Crippen LogP contribution in [0.3, 0.4) is 0 Å². The molecule has 65 valence electrons. The number of benzene rings is 1. The molecule has 2 nitrogen and oxygen atoms in total. The Morgan fingerprint density at radius 3 is 2.58 bits per heavy atom. The zero-order valence-corrected chi connectivity index (χ0v) is 9.03. The van der Waals surface area contributed by atoms with Gasteiger partial charge in [-0.25, -0.2) is 0 Å². The van der Waals surface area contributed by atoms with Gasteiger partial charge in [0.1, 0.15) is 0 Å². The number of hydrogen-bond donors (Lipinski definition) is 2. The van der Waals surface area contributed by atoms with Crippen molar-refractivity contribution < 1.29 is 10.2 Å². The summed E-state index contributed by atoms with van der Waals surface area (Å²) in [4.78, 5) is -0.261. The zero-order chi connectivity index (χ0) is 9.14. The van der Waals surface area contributed by atoms with E-state index in [0.29, 0.717) is 5.75 Å². The SMILES string of the molecule is Cc1ccc([As]C(C)O)cc1O. The molecule has 0 amide bonds. The molecule has 0 spiro atoms. The number of hydrogen-bond acceptors (Lipinski definition) is 2. The van der Waals surface area contributed by atoms with E-state index >= 15 is 0 Å². The van der Waals surface area contributed by atoms with E-state index in [1.54, 1.807) is 13.0 Å². The van der Waals surface area contributed by atoms with Crippen molar-refractivity contribution in [2.75, 3.05) is 0 Å². The number of aliphatic hydroxyl groups excluding tert-OH is 1. The normalized spacial score (nSPS) is 13.9. The van der Waals surface area contributed by atoms with Gasteiger partial charge in [0, 0.05) is 0 Å². The summed E-state index contributed by atoms with van der Waals surface area (Å²) in [5, 5.41) is 18.5. The molecule has 0 fully saturated rings. The molecule has 1 atom stereocenters. The molecule has 0 saturated heterocycles. The van der Waals surface area contributed by atoms with Crippen LogP contribution in [-0.4, -0.2) is 30.9 Å². The second-order valence-corrected chi connectivity index (χ2v) is 5.92. The fourth-order valence-electron chi connectivity index (χ4n) is 0.894. The van der Waals surface area contributed by atoms with Gasteiger partial charge >= 0.3 is 78.6 Å². The molecule has 0 aliphatic heterocycles. The monoisotopic (exact) mass is 227 g/mol. The van der Waals surface area contributed by atoms with E-state index in [-0.39, 0.29) is 20.6 Å². The molecular weight excluding hydrogens is 215 g/mol. The molecule has 0 aliphatic carbocycles. The first-order chi connectivity index (χ1) is 5.59. The molecule has 1 radical (unpaired) electrons. The van der Waals surface area contributed by atoms with Crippen molar-refractivity contribution in [3.8, 4) is 5.75 Å². The van der Waals surface area contributed by atoms with Gasteiger partial charge in [0.2, 0.25) is 0 Å². The van der Waals surface area contributed by atoms with Crippen LogP contribution in [0.2, 0.25) is 0 Å². The summed E-state index contributed by atoms with van der Waals surface area (Å²) in [6.45, 7) is 3.63. The third-order valence-electron chi connectivity index (χ3n) is 1.53. The molecule has 0 aliphatic rings. The van der Waals surface area contributed by atoms with Gasteiger partial charge in [-0.3, -0.25) is 0 Å². The molecular formula is C9H12AsO2. The zero-order valence-electron chi connectivity index (χ0n) is 7.15. The second kappa shape index (κ2) is 3.97. The van der Waals surface area contributed by atoms with Gasteiger partial charge in [-0.05, 0) is 0 Å². The molecule has 1 rings (SSSR count). The number of aliphatic hydroxyl groups is 1. The average Bonchev–Trinajstić information content (AvgIpc) is 1.96. The van der Waals surface area contributed by atoms with Crippen LogP contribution in [0.5, 0.6) is 5.75 Å². The summed E-state index contributed by atoms with van der Waals surface area (Å²) in [6, 6.07) is 5.58. The van der Waals surface area contributed by atoms with E-state index in [4.69, 9.17) is 5.11 Å². The number of aromatic hydroxyl groups is 1. The molecule has 1 aromatic rings. The van der Waals surface area contributed by atoms with E-state index < -0.39 is 0 Å². The minimum atomic E-state index is -0.261. The van der Waals surface area contributed by atoms with Gasteiger partial charge in [0.25, 0.3) is 0 Å². The molecule has 3 heteroatoms. The Kier molecular flexibility index (Phi) is 3.19. The van der Waals surface area contributed by atoms with Crippen LogP contribution in [0.4, 0.5) is 0 Å². The van der Waals surface area contributed by atoms with Gasteiger partial charge in [0.05, 0.1) is 0 Å². The molecule has 12 heavy (non-hydrogen) atoms. The fraction of sp³-hybridized carbons (Fsp3) is 0.333. The minimum absolute atomic E-state index is 0.225. The third kappa shape index (κ3) is 2.54. The van der Waals surface area contributed by atoms with E-state index in [9.17, 15) is 5.11 Å². The molecule has 0 heterocycles. The standard InChI is InChI=1S/C9H12AsO2/c1-6-3-4-8(5-9(6)12)10-7(2)11/h3-5,7,11-12H,1-2H3. The Labute approximate surface area is 78.9 Å². The quantitative estimate of drug-likeness (QED) is 0.716. The van der Waals surface area contributed by atoms with Crippen molar-refractivity contribution in [2.24, 2.45) is 0 Å². The van der Waals surface area contributed by atoms with Crippen molar-refractivity contribution in [2.45, 2.75) is 18.7 Å². The molecule has 0 saturated carbocycles. The topological polar surface area (TPSA) is 40.5 Å². The maximum absolute atomic E-state index is 9.35. The van der Waals surface area contributed by atoms with Crippen LogP contribution >= 0.6 is 0 Å². The van der Waals surface area contributed by atoms with Gasteiger partial charge in [-0.2, -0.15) is 0 Å². The maximum atomic E-state index is 9.35. The Morgan fingerprint density at radius 2 is 2.08 bits per heavy atom. The number of rotatable bonds is 2. The van der Waals surface area contributed by atoms with Gasteiger partial charge < -0.3 is 0 Å². The third-order valence-corrected chi connectivity index (χ3v) is 3.52. The van der Waals surface area contributed by atoms with Crippen LogP contribution in [0, 0.1) is 6.92 Å². The molecule has 2 N–H and O–H groups in total. The van der Waals surface area contributed by atoms with E-state index in [2.05, 4.69) is 0 Å². The van der Waals surface area contributed by atoms with Crippen LogP contribution in [-0.2, 0) is 0 Å². The van der Waals surface area contributed by atoms with Crippen LogP contribution in [0.25, 0.3) is 0 Å². The summed E-state index contributed by atoms with van der Waals surface area (Å²) in [7, 11) is 0. The van der Waals surface area contributed by atoms with Gasteiger partial charge in [-0.15, -0.1) is 0 Å². The van der Waals surface area contributed by atoms with Crippen molar-refractivity contribution in [3.05, 3.63) is 23.8 Å². The predicted molar refractivity (Wildman–Crippen MR) is 49.9 cm³/mol. The van der Waals surface area contributed by atoms with Crippen molar-refractivity contribution >= 4 is 20.1 Å². The van der Waals surface area contributed by atoms with Gasteiger partial charge in [-0.1, -0.05) is 0 Å². The van der Waals surface area contributed by atoms with Crippen molar-refractivity contribution in [1.82, 2.24) is 0 Å². The van der Waals surface area contributed by atoms with Crippen LogP contribution in [0.15, 0.2) is 18.2 Å². The van der Waals surface area contributed by atoms with E-state index in [1.807, 2.05) is 19.1 Å². The number of phenols is 1. The summed E-state index contributed by atoms with van der Waals surface area (Å²) in [5.41, 5.74) is 0.880. The average molecular weight is 227 g/mol. The number of phenolic OH excluding ortho intramolecular Hbond substituents is 1. The number of aryl methyl sites for hydroxylation is 1. The van der Waals surface area contributed by atoms with Crippen molar-refractivity contribution in [3.63, 3.8) is 0 Å². The van der Waals surface area contributed by atoms with E-state index in [0.717, 1.165) is 9.91 Å². The Balaban J connectivity index is 2.82. The van der Waals surface area contributed by atoms with Gasteiger partial charge in [0.15, 0.2) is 0 Å². The Hall–Kier alpha value is -0.462. The van der Waals surface area contributed by atoms with E-state index in [1.165, 1.54) is 0 Å². The van der Waals surface area contributed by atoms with Crippen LogP contribution in [0.1, 0.15) is 12.5 Å². The predicted octanol–water partition coefficient (Wildman–Crippen LogP) is 0.368. The van der Waals surface area contributed by atoms with Crippen LogP contribution < -0.4 is 4.35 Å². The molecule has 1 unspecified atom stereocenters. The summed E-state index contributed by atoms with van der Waals surface area (Å²) in [5.74, 6) is 0.323. The summed E-state index contributed by atoms with van der Waals surface area (Å²) >= 11 is -0.225. The Bertz CT molecular complexity index is 271. The molecule has 0 aromatic heterocycles. The summed E-state index contributed by atoms with van der Waals surface area (Å²) < 4.78 is 1.06. The first-order valence-electron chi connectivity index (χ1n) is 3.78. The summed E-state index contributed by atoms with van der Waals surface area (Å²) in [6.07, 6.45) is 0. The van der Waals surface area contributed by atoms with Crippen molar-refractivity contribution in [1.29, 1.82) is 0 Å². The fourth-order valence-corrected chi connectivity index (χ4v) is 2.55. The Morgan fingerprint density at radius 1 is 1.42 bits per heavy atom. The molecule has 1 aromatic carbocycles. The molecule has 0 bridgehead atoms. The second-order valence-electron chi connectivity index (χ2n) is 2.73. The first-order valence-corrected chi connectivity index (χ1v) is 5.80. The first kappa shape index (κ1) is 9.63.